The Morgan fingerprint density at radius 2 is 2.04 bits per heavy atom. The van der Waals surface area contributed by atoms with Crippen LogP contribution in [-0.4, -0.2) is 27.5 Å². The van der Waals surface area contributed by atoms with E-state index in [0.29, 0.717) is 15.6 Å². The number of hydrogen-bond donors (Lipinski definition) is 2. The van der Waals surface area contributed by atoms with E-state index >= 15 is 0 Å². The normalized spacial score (nSPS) is 10.7. The number of anilines is 1. The number of aryl methyl sites for hydroxylation is 1. The maximum Gasteiger partial charge on any atom is 0.250 e. The van der Waals surface area contributed by atoms with Gasteiger partial charge in [0.2, 0.25) is 5.91 Å². The highest BCUT2D eigenvalue weighted by Gasteiger charge is 2.15. The summed E-state index contributed by atoms with van der Waals surface area (Å²) < 4.78 is 32.4. The number of carbonyl (C=O) groups is 1. The zero-order chi connectivity index (χ0) is 19.0. The van der Waals surface area contributed by atoms with Gasteiger partial charge in [-0.2, -0.15) is 4.72 Å². The highest BCUT2D eigenvalue weighted by molar-refractivity contribution is 7.91. The van der Waals surface area contributed by atoms with Crippen LogP contribution < -0.4 is 14.8 Å². The standard InChI is InChI=1S/C18H20N2O4S2/c1-3-17-9-10-18(25-17)26(22,23)19-11-4-5-12-24-16-8-6-7-15(13-16)20-14(2)21/h6-10,13,19H,3,11-12H2,1-2H3,(H,20,21). The van der Waals surface area contributed by atoms with Crippen LogP contribution >= 0.6 is 11.3 Å². The fourth-order valence-electron chi connectivity index (χ4n) is 1.99. The third kappa shape index (κ3) is 6.19. The number of carbonyl (C=O) groups excluding carboxylic acids is 1. The van der Waals surface area contributed by atoms with Gasteiger partial charge in [-0.3, -0.25) is 4.79 Å². The summed E-state index contributed by atoms with van der Waals surface area (Å²) in [5, 5.41) is 2.66. The summed E-state index contributed by atoms with van der Waals surface area (Å²) in [6.07, 6.45) is 0.806. The number of hydrogen-bond acceptors (Lipinski definition) is 5. The van der Waals surface area contributed by atoms with Crippen molar-refractivity contribution in [1.82, 2.24) is 4.72 Å². The molecule has 6 nitrogen and oxygen atoms in total. The lowest BCUT2D eigenvalue weighted by Crippen LogP contribution is -2.23. The Balaban J connectivity index is 1.81. The van der Waals surface area contributed by atoms with E-state index in [1.54, 1.807) is 30.3 Å². The number of thiophene rings is 1. The molecule has 0 unspecified atom stereocenters. The van der Waals surface area contributed by atoms with Gasteiger partial charge in [0.1, 0.15) is 16.6 Å². The third-order valence-corrected chi connectivity index (χ3v) is 6.31. The van der Waals surface area contributed by atoms with E-state index in [0.717, 1.165) is 11.3 Å². The molecule has 138 valence electrons. The molecule has 1 aromatic carbocycles. The van der Waals surface area contributed by atoms with Gasteiger partial charge in [0.15, 0.2) is 0 Å². The van der Waals surface area contributed by atoms with Crippen molar-refractivity contribution >= 4 is 33.0 Å². The highest BCUT2D eigenvalue weighted by atomic mass is 32.2. The van der Waals surface area contributed by atoms with E-state index in [2.05, 4.69) is 21.9 Å². The SMILES string of the molecule is CCc1ccc(S(=O)(=O)NCC#CCOc2cccc(NC(C)=O)c2)s1. The van der Waals surface area contributed by atoms with Crippen LogP contribution in [0.1, 0.15) is 18.7 Å². The van der Waals surface area contributed by atoms with Crippen molar-refractivity contribution in [2.45, 2.75) is 24.5 Å². The number of benzene rings is 1. The Bertz CT molecular complexity index is 924. The van der Waals surface area contributed by atoms with Crippen molar-refractivity contribution in [3.8, 4) is 17.6 Å². The minimum atomic E-state index is -3.52. The molecule has 1 heterocycles. The van der Waals surface area contributed by atoms with Crippen molar-refractivity contribution in [2.24, 2.45) is 0 Å². The van der Waals surface area contributed by atoms with Crippen LogP contribution in [-0.2, 0) is 21.2 Å². The van der Waals surface area contributed by atoms with Crippen LogP contribution in [0.2, 0.25) is 0 Å². The second kappa shape index (κ2) is 9.38. The summed E-state index contributed by atoms with van der Waals surface area (Å²) in [4.78, 5) is 12.0. The lowest BCUT2D eigenvalue weighted by Gasteiger charge is -2.05. The summed E-state index contributed by atoms with van der Waals surface area (Å²) in [7, 11) is -3.52. The van der Waals surface area contributed by atoms with Crippen LogP contribution in [0.5, 0.6) is 5.75 Å². The predicted molar refractivity (Wildman–Crippen MR) is 103 cm³/mol. The topological polar surface area (TPSA) is 84.5 Å². The van der Waals surface area contributed by atoms with Crippen molar-refractivity contribution < 1.29 is 17.9 Å². The average Bonchev–Trinajstić information content (AvgIpc) is 3.08. The highest BCUT2D eigenvalue weighted by Crippen LogP contribution is 2.21. The largest absolute Gasteiger partial charge is 0.481 e. The summed E-state index contributed by atoms with van der Waals surface area (Å²) in [6.45, 7) is 3.54. The summed E-state index contributed by atoms with van der Waals surface area (Å²) in [6, 6.07) is 10.4. The molecule has 1 aromatic heterocycles. The van der Waals surface area contributed by atoms with Crippen LogP contribution in [0, 0.1) is 11.8 Å². The predicted octanol–water partition coefficient (Wildman–Crippen LogP) is 2.63. The molecule has 2 rings (SSSR count). The van der Waals surface area contributed by atoms with E-state index in [1.807, 2.05) is 13.0 Å². The zero-order valence-corrected chi connectivity index (χ0v) is 16.2. The number of rotatable bonds is 7. The molecule has 1 amide bonds. The lowest BCUT2D eigenvalue weighted by atomic mass is 10.3. The molecule has 0 fully saturated rings. The first-order valence-corrected chi connectivity index (χ1v) is 10.2. The Kier molecular flexibility index (Phi) is 7.21. The first-order valence-electron chi connectivity index (χ1n) is 7.95. The van der Waals surface area contributed by atoms with Gasteiger partial charge in [-0.25, -0.2) is 8.42 Å². The van der Waals surface area contributed by atoms with Crippen molar-refractivity contribution in [2.75, 3.05) is 18.5 Å². The molecule has 26 heavy (non-hydrogen) atoms. The van der Waals surface area contributed by atoms with Gasteiger partial charge in [0.25, 0.3) is 10.0 Å². The van der Waals surface area contributed by atoms with Crippen LogP contribution in [0.4, 0.5) is 5.69 Å². The van der Waals surface area contributed by atoms with Crippen molar-refractivity contribution in [3.63, 3.8) is 0 Å². The lowest BCUT2D eigenvalue weighted by molar-refractivity contribution is -0.114. The van der Waals surface area contributed by atoms with E-state index < -0.39 is 10.0 Å². The number of nitrogens with one attached hydrogen (secondary N) is 2. The van der Waals surface area contributed by atoms with E-state index in [-0.39, 0.29) is 19.1 Å². The number of amides is 1. The first-order chi connectivity index (χ1) is 12.4. The molecule has 8 heteroatoms. The Labute approximate surface area is 157 Å². The van der Waals surface area contributed by atoms with Gasteiger partial charge >= 0.3 is 0 Å². The molecule has 0 spiro atoms. The van der Waals surface area contributed by atoms with E-state index in [1.165, 1.54) is 18.3 Å². The summed E-state index contributed by atoms with van der Waals surface area (Å²) in [5.74, 6) is 5.88. The monoisotopic (exact) mass is 392 g/mol. The average molecular weight is 393 g/mol. The van der Waals surface area contributed by atoms with Gasteiger partial charge in [-0.15, -0.1) is 11.3 Å². The van der Waals surface area contributed by atoms with E-state index in [9.17, 15) is 13.2 Å². The van der Waals surface area contributed by atoms with Gasteiger partial charge in [0.05, 0.1) is 6.54 Å². The van der Waals surface area contributed by atoms with Gasteiger partial charge in [0, 0.05) is 23.6 Å². The molecule has 0 aliphatic carbocycles. The number of ether oxygens (including phenoxy) is 1. The molecule has 0 bridgehead atoms. The van der Waals surface area contributed by atoms with Gasteiger partial charge in [-0.1, -0.05) is 24.8 Å². The smallest absolute Gasteiger partial charge is 0.250 e. The molecule has 0 saturated carbocycles. The molecular formula is C18H20N2O4S2. The zero-order valence-electron chi connectivity index (χ0n) is 14.5. The molecule has 0 aliphatic heterocycles. The van der Waals surface area contributed by atoms with Crippen LogP contribution in [0.3, 0.4) is 0 Å². The summed E-state index contributed by atoms with van der Waals surface area (Å²) >= 11 is 1.26. The molecule has 0 aliphatic rings. The fourth-order valence-corrected chi connectivity index (χ4v) is 4.26. The Morgan fingerprint density at radius 3 is 2.73 bits per heavy atom. The van der Waals surface area contributed by atoms with Gasteiger partial charge in [-0.05, 0) is 30.7 Å². The quantitative estimate of drug-likeness (QED) is 0.710. The molecule has 0 atom stereocenters. The molecule has 0 radical (unpaired) electrons. The molecular weight excluding hydrogens is 372 g/mol. The molecule has 2 N–H and O–H groups in total. The molecule has 0 saturated heterocycles. The van der Waals surface area contributed by atoms with E-state index in [4.69, 9.17) is 4.74 Å². The van der Waals surface area contributed by atoms with Crippen molar-refractivity contribution in [1.29, 1.82) is 0 Å². The Morgan fingerprint density at radius 1 is 1.23 bits per heavy atom. The second-order valence-electron chi connectivity index (χ2n) is 5.25. The second-order valence-corrected chi connectivity index (χ2v) is 8.41. The van der Waals surface area contributed by atoms with Crippen molar-refractivity contribution in [3.05, 3.63) is 41.3 Å². The van der Waals surface area contributed by atoms with Crippen LogP contribution in [0.25, 0.3) is 0 Å². The molecule has 2 aromatic rings. The maximum absolute atomic E-state index is 12.1. The van der Waals surface area contributed by atoms with Gasteiger partial charge < -0.3 is 10.1 Å². The maximum atomic E-state index is 12.1. The fraction of sp³-hybridized carbons (Fsp3) is 0.278. The van der Waals surface area contributed by atoms with Crippen LogP contribution in [0.15, 0.2) is 40.6 Å². The Hall–Kier alpha value is -2.34. The minimum absolute atomic E-state index is 0.0109. The minimum Gasteiger partial charge on any atom is -0.481 e. The third-order valence-electron chi connectivity index (χ3n) is 3.19. The number of sulfonamides is 1. The summed E-state index contributed by atoms with van der Waals surface area (Å²) in [5.41, 5.74) is 0.637. The first kappa shape index (κ1) is 20.0.